The summed E-state index contributed by atoms with van der Waals surface area (Å²) in [6.07, 6.45) is 0. The lowest BCUT2D eigenvalue weighted by molar-refractivity contribution is -0.118. The Kier molecular flexibility index (Phi) is 7.61. The number of halogens is 1. The molecule has 1 N–H and O–H groups in total. The Bertz CT molecular complexity index is 1190. The van der Waals surface area contributed by atoms with Crippen molar-refractivity contribution in [3.05, 3.63) is 82.9 Å². The number of aromatic nitrogens is 1. The number of carbonyl (C=O) groups is 3. The van der Waals surface area contributed by atoms with E-state index in [1.165, 1.54) is 30.3 Å². The Balaban J connectivity index is 1.61. The van der Waals surface area contributed by atoms with E-state index < -0.39 is 30.9 Å². The third-order valence-corrected chi connectivity index (χ3v) is 5.14. The fourth-order valence-corrected chi connectivity index (χ4v) is 3.51. The Morgan fingerprint density at radius 2 is 1.67 bits per heavy atom. The van der Waals surface area contributed by atoms with Crippen LogP contribution >= 0.6 is 0 Å². The second-order valence-corrected chi connectivity index (χ2v) is 7.34. The van der Waals surface area contributed by atoms with E-state index in [9.17, 15) is 18.8 Å². The van der Waals surface area contributed by atoms with E-state index in [1.54, 1.807) is 24.3 Å². The zero-order valence-corrected chi connectivity index (χ0v) is 18.7. The lowest BCUT2D eigenvalue weighted by Gasteiger charge is -2.12. The largest absolute Gasteiger partial charge is 0.483 e. The molecular formula is C25H25FN2O5. The molecule has 0 fully saturated rings. The van der Waals surface area contributed by atoms with Gasteiger partial charge in [-0.15, -0.1) is 0 Å². The van der Waals surface area contributed by atoms with Gasteiger partial charge in [-0.3, -0.25) is 9.59 Å². The minimum absolute atomic E-state index is 0.0275. The maximum absolute atomic E-state index is 13.7. The number of benzene rings is 2. The molecule has 0 spiro atoms. The Morgan fingerprint density at radius 1 is 0.970 bits per heavy atom. The molecule has 8 heteroatoms. The molecule has 1 aromatic heterocycles. The van der Waals surface area contributed by atoms with Crippen molar-refractivity contribution in [2.24, 2.45) is 0 Å². The highest BCUT2D eigenvalue weighted by Crippen LogP contribution is 2.20. The second-order valence-electron chi connectivity index (χ2n) is 7.34. The topological polar surface area (TPSA) is 86.6 Å². The summed E-state index contributed by atoms with van der Waals surface area (Å²) in [5.74, 6) is -2.11. The summed E-state index contributed by atoms with van der Waals surface area (Å²) < 4.78 is 26.3. The highest BCUT2D eigenvalue weighted by Gasteiger charge is 2.19. The smallest absolute Gasteiger partial charge is 0.342 e. The third kappa shape index (κ3) is 5.65. The predicted molar refractivity (Wildman–Crippen MR) is 121 cm³/mol. The summed E-state index contributed by atoms with van der Waals surface area (Å²) in [6.45, 7) is 5.62. The van der Waals surface area contributed by atoms with E-state index in [4.69, 9.17) is 9.47 Å². The zero-order chi connectivity index (χ0) is 24.0. The normalized spacial score (nSPS) is 10.5. The quantitative estimate of drug-likeness (QED) is 0.386. The molecule has 0 radical (unpaired) electrons. The number of esters is 1. The summed E-state index contributed by atoms with van der Waals surface area (Å²) in [4.78, 5) is 37.3. The monoisotopic (exact) mass is 452 g/mol. The van der Waals surface area contributed by atoms with Crippen molar-refractivity contribution in [1.29, 1.82) is 0 Å². The van der Waals surface area contributed by atoms with Crippen LogP contribution in [0.2, 0.25) is 0 Å². The molecule has 2 aromatic carbocycles. The molecule has 33 heavy (non-hydrogen) atoms. The second kappa shape index (κ2) is 10.6. The molecule has 0 bridgehead atoms. The van der Waals surface area contributed by atoms with Crippen molar-refractivity contribution < 1.29 is 28.2 Å². The molecule has 1 heterocycles. The van der Waals surface area contributed by atoms with Gasteiger partial charge in [0.05, 0.1) is 5.69 Å². The van der Waals surface area contributed by atoms with E-state index in [0.717, 1.165) is 17.9 Å². The first-order valence-corrected chi connectivity index (χ1v) is 10.4. The van der Waals surface area contributed by atoms with Crippen LogP contribution in [-0.4, -0.2) is 35.4 Å². The first-order chi connectivity index (χ1) is 15.8. The molecule has 0 saturated carbocycles. The van der Waals surface area contributed by atoms with Crippen LogP contribution in [0.4, 0.5) is 10.1 Å². The van der Waals surface area contributed by atoms with Gasteiger partial charge >= 0.3 is 5.97 Å². The van der Waals surface area contributed by atoms with Crippen molar-refractivity contribution in [2.75, 3.05) is 18.5 Å². The Hall–Kier alpha value is -3.94. The third-order valence-electron chi connectivity index (χ3n) is 5.14. The van der Waals surface area contributed by atoms with E-state index in [-0.39, 0.29) is 22.8 Å². The molecule has 0 aliphatic carbocycles. The lowest BCUT2D eigenvalue weighted by atomic mass is 10.1. The van der Waals surface area contributed by atoms with Gasteiger partial charge in [-0.25, -0.2) is 9.18 Å². The first-order valence-electron chi connectivity index (χ1n) is 10.4. The standard InChI is InChI=1S/C25H25FN2O5/c1-4-28-16(2)13-19(17(28)3)22(29)14-33-25(31)18-9-5-8-12-23(18)32-15-24(30)27-21-11-7-6-10-20(21)26/h5-13H,4,14-15H2,1-3H3,(H,27,30). The lowest BCUT2D eigenvalue weighted by Crippen LogP contribution is -2.22. The molecule has 3 aromatic rings. The van der Waals surface area contributed by atoms with E-state index in [1.807, 2.05) is 25.3 Å². The summed E-state index contributed by atoms with van der Waals surface area (Å²) in [7, 11) is 0. The number of ketones is 1. The number of nitrogens with zero attached hydrogens (tertiary/aromatic N) is 1. The number of hydrogen-bond acceptors (Lipinski definition) is 5. The number of nitrogens with one attached hydrogen (secondary N) is 1. The van der Waals surface area contributed by atoms with Gasteiger partial charge in [0.25, 0.3) is 5.91 Å². The maximum atomic E-state index is 13.7. The molecule has 0 unspecified atom stereocenters. The van der Waals surface area contributed by atoms with Gasteiger partial charge in [-0.2, -0.15) is 0 Å². The highest BCUT2D eigenvalue weighted by atomic mass is 19.1. The number of hydrogen-bond donors (Lipinski definition) is 1. The maximum Gasteiger partial charge on any atom is 0.342 e. The number of carbonyl (C=O) groups excluding carboxylic acids is 3. The zero-order valence-electron chi connectivity index (χ0n) is 18.7. The molecule has 172 valence electrons. The molecule has 0 aliphatic rings. The molecule has 3 rings (SSSR count). The molecule has 0 aliphatic heterocycles. The summed E-state index contributed by atoms with van der Waals surface area (Å²) >= 11 is 0. The number of aryl methyl sites for hydroxylation is 1. The molecule has 1 amide bonds. The van der Waals surface area contributed by atoms with Crippen LogP contribution in [0.1, 0.15) is 39.0 Å². The average molecular weight is 452 g/mol. The average Bonchev–Trinajstić information content (AvgIpc) is 3.10. The first kappa shape index (κ1) is 23.7. The molecule has 0 saturated heterocycles. The Labute approximate surface area is 191 Å². The van der Waals surface area contributed by atoms with Crippen LogP contribution in [0.3, 0.4) is 0 Å². The van der Waals surface area contributed by atoms with Crippen LogP contribution in [0.15, 0.2) is 54.6 Å². The van der Waals surface area contributed by atoms with E-state index in [0.29, 0.717) is 5.56 Å². The molecule has 7 nitrogen and oxygen atoms in total. The highest BCUT2D eigenvalue weighted by molar-refractivity contribution is 6.01. The van der Waals surface area contributed by atoms with Gasteiger partial charge in [0, 0.05) is 23.5 Å². The fourth-order valence-electron chi connectivity index (χ4n) is 3.51. The van der Waals surface area contributed by atoms with Gasteiger partial charge in [-0.1, -0.05) is 24.3 Å². The summed E-state index contributed by atoms with van der Waals surface area (Å²) in [6, 6.07) is 13.7. The van der Waals surface area contributed by atoms with Crippen LogP contribution in [0.5, 0.6) is 5.75 Å². The SMILES string of the molecule is CCn1c(C)cc(C(=O)COC(=O)c2ccccc2OCC(=O)Nc2ccccc2F)c1C. The van der Waals surface area contributed by atoms with Crippen molar-refractivity contribution in [1.82, 2.24) is 4.57 Å². The van der Waals surface area contributed by atoms with Gasteiger partial charge in [0.2, 0.25) is 5.78 Å². The number of amides is 1. The summed E-state index contributed by atoms with van der Waals surface area (Å²) in [5.41, 5.74) is 2.39. The molecule has 0 atom stereocenters. The fraction of sp³-hybridized carbons (Fsp3) is 0.240. The number of ether oxygens (including phenoxy) is 2. The number of Topliss-reactive ketones (excluding diaryl/α,β-unsaturated/α-hetero) is 1. The van der Waals surface area contributed by atoms with E-state index >= 15 is 0 Å². The van der Waals surface area contributed by atoms with Gasteiger partial charge in [0.15, 0.2) is 13.2 Å². The molecular weight excluding hydrogens is 427 g/mol. The van der Waals surface area contributed by atoms with Gasteiger partial charge in [-0.05, 0) is 51.1 Å². The van der Waals surface area contributed by atoms with E-state index in [2.05, 4.69) is 5.32 Å². The van der Waals surface area contributed by atoms with Crippen LogP contribution in [0.25, 0.3) is 0 Å². The van der Waals surface area contributed by atoms with Crippen molar-refractivity contribution in [3.8, 4) is 5.75 Å². The number of rotatable bonds is 9. The van der Waals surface area contributed by atoms with Crippen molar-refractivity contribution in [3.63, 3.8) is 0 Å². The Morgan fingerprint density at radius 3 is 2.36 bits per heavy atom. The van der Waals surface area contributed by atoms with Gasteiger partial charge < -0.3 is 19.4 Å². The van der Waals surface area contributed by atoms with Crippen LogP contribution in [0, 0.1) is 19.7 Å². The minimum atomic E-state index is -0.752. The minimum Gasteiger partial charge on any atom is -0.483 e. The number of anilines is 1. The van der Waals surface area contributed by atoms with Crippen molar-refractivity contribution >= 4 is 23.3 Å². The predicted octanol–water partition coefficient (Wildman–Crippen LogP) is 4.32. The van der Waals surface area contributed by atoms with Crippen LogP contribution in [-0.2, 0) is 16.1 Å². The summed E-state index contributed by atoms with van der Waals surface area (Å²) in [5, 5.41) is 2.40. The number of para-hydroxylation sites is 2. The van der Waals surface area contributed by atoms with Crippen molar-refractivity contribution in [2.45, 2.75) is 27.3 Å². The van der Waals surface area contributed by atoms with Gasteiger partial charge in [0.1, 0.15) is 17.1 Å². The van der Waals surface area contributed by atoms with Crippen LogP contribution < -0.4 is 10.1 Å².